The van der Waals surface area contributed by atoms with E-state index >= 15 is 0 Å². The van der Waals surface area contributed by atoms with Crippen LogP contribution >= 0.6 is 0 Å². The predicted octanol–water partition coefficient (Wildman–Crippen LogP) is 2.46. The van der Waals surface area contributed by atoms with Crippen molar-refractivity contribution in [2.45, 2.75) is 65.4 Å². The molecular weight excluding hydrogens is 240 g/mol. The van der Waals surface area contributed by atoms with Crippen molar-refractivity contribution in [3.63, 3.8) is 0 Å². The summed E-state index contributed by atoms with van der Waals surface area (Å²) < 4.78 is 5.55. The molecule has 0 aromatic rings. The summed E-state index contributed by atoms with van der Waals surface area (Å²) in [6.45, 7) is 10.1. The molecular formula is C15H32N2O2. The predicted molar refractivity (Wildman–Crippen MR) is 80.0 cm³/mol. The molecule has 114 valence electrons. The molecule has 0 aromatic carbocycles. The molecule has 0 saturated heterocycles. The van der Waals surface area contributed by atoms with E-state index in [0.29, 0.717) is 32.0 Å². The topological polar surface area (TPSA) is 64.4 Å². The molecule has 0 bridgehead atoms. The Balaban J connectivity index is 3.90. The molecule has 19 heavy (non-hydrogen) atoms. The average Bonchev–Trinajstić information content (AvgIpc) is 2.34. The normalized spacial score (nSPS) is 13.3. The van der Waals surface area contributed by atoms with Gasteiger partial charge in [-0.1, -0.05) is 19.8 Å². The number of ether oxygens (including phenoxy) is 1. The van der Waals surface area contributed by atoms with Crippen LogP contribution in [0.15, 0.2) is 0 Å². The molecule has 0 saturated carbocycles. The second kappa shape index (κ2) is 10.2. The summed E-state index contributed by atoms with van der Waals surface area (Å²) in [5.74, 6) is 0.701. The van der Waals surface area contributed by atoms with Crippen molar-refractivity contribution >= 4 is 5.91 Å². The Morgan fingerprint density at radius 1 is 1.26 bits per heavy atom. The fraction of sp³-hybridized carbons (Fsp3) is 0.933. The minimum absolute atomic E-state index is 0.117. The van der Waals surface area contributed by atoms with Crippen molar-refractivity contribution in [3.8, 4) is 0 Å². The van der Waals surface area contributed by atoms with Gasteiger partial charge in [-0.3, -0.25) is 4.79 Å². The van der Waals surface area contributed by atoms with Crippen LogP contribution in [-0.4, -0.2) is 31.2 Å². The third kappa shape index (κ3) is 9.91. The third-order valence-corrected chi connectivity index (χ3v) is 3.30. The van der Waals surface area contributed by atoms with Gasteiger partial charge in [-0.05, 0) is 46.1 Å². The molecule has 0 aliphatic carbocycles. The van der Waals surface area contributed by atoms with E-state index < -0.39 is 0 Å². The van der Waals surface area contributed by atoms with E-state index in [1.807, 2.05) is 20.8 Å². The summed E-state index contributed by atoms with van der Waals surface area (Å²) in [4.78, 5) is 11.8. The van der Waals surface area contributed by atoms with Crippen molar-refractivity contribution in [2.24, 2.45) is 11.7 Å². The zero-order valence-corrected chi connectivity index (χ0v) is 13.1. The number of carbonyl (C=O) groups is 1. The Morgan fingerprint density at radius 2 is 1.95 bits per heavy atom. The zero-order valence-electron chi connectivity index (χ0n) is 13.1. The van der Waals surface area contributed by atoms with Crippen LogP contribution in [0.1, 0.15) is 59.8 Å². The molecule has 3 N–H and O–H groups in total. The van der Waals surface area contributed by atoms with Crippen LogP contribution in [0.5, 0.6) is 0 Å². The summed E-state index contributed by atoms with van der Waals surface area (Å²) in [5.41, 5.74) is 5.31. The van der Waals surface area contributed by atoms with Gasteiger partial charge in [0.2, 0.25) is 5.91 Å². The Morgan fingerprint density at radius 3 is 2.47 bits per heavy atom. The van der Waals surface area contributed by atoms with Gasteiger partial charge in [0.05, 0.1) is 5.60 Å². The molecule has 1 unspecified atom stereocenters. The van der Waals surface area contributed by atoms with E-state index in [2.05, 4.69) is 12.2 Å². The van der Waals surface area contributed by atoms with Crippen LogP contribution in [0.2, 0.25) is 0 Å². The fourth-order valence-corrected chi connectivity index (χ4v) is 2.25. The lowest BCUT2D eigenvalue weighted by atomic mass is 9.94. The monoisotopic (exact) mass is 272 g/mol. The van der Waals surface area contributed by atoms with Gasteiger partial charge in [0, 0.05) is 19.6 Å². The zero-order chi connectivity index (χ0) is 14.7. The first kappa shape index (κ1) is 18.4. The van der Waals surface area contributed by atoms with Crippen molar-refractivity contribution in [1.82, 2.24) is 5.32 Å². The number of amides is 1. The lowest BCUT2D eigenvalue weighted by Gasteiger charge is -2.25. The number of nitrogens with two attached hydrogens (primary N) is 1. The first-order chi connectivity index (χ1) is 8.95. The van der Waals surface area contributed by atoms with Gasteiger partial charge in [0.15, 0.2) is 0 Å². The second-order valence-corrected chi connectivity index (χ2v) is 5.74. The van der Waals surface area contributed by atoms with E-state index in [0.717, 1.165) is 25.7 Å². The lowest BCUT2D eigenvalue weighted by Crippen LogP contribution is -2.40. The van der Waals surface area contributed by atoms with Crippen molar-refractivity contribution < 1.29 is 9.53 Å². The first-order valence-electron chi connectivity index (χ1n) is 7.55. The summed E-state index contributed by atoms with van der Waals surface area (Å²) in [6, 6.07) is 0. The van der Waals surface area contributed by atoms with Crippen molar-refractivity contribution in [2.75, 3.05) is 19.7 Å². The van der Waals surface area contributed by atoms with Gasteiger partial charge in [-0.25, -0.2) is 0 Å². The fourth-order valence-electron chi connectivity index (χ4n) is 2.25. The van der Waals surface area contributed by atoms with E-state index in [1.54, 1.807) is 0 Å². The molecule has 4 heteroatoms. The molecule has 0 fully saturated rings. The number of nitrogens with one attached hydrogen (secondary N) is 1. The quantitative estimate of drug-likeness (QED) is 0.607. The molecule has 0 rings (SSSR count). The molecule has 1 atom stereocenters. The number of rotatable bonds is 11. The molecule has 4 nitrogen and oxygen atoms in total. The maximum atomic E-state index is 11.8. The lowest BCUT2D eigenvalue weighted by molar-refractivity contribution is -0.123. The van der Waals surface area contributed by atoms with Gasteiger partial charge < -0.3 is 15.8 Å². The summed E-state index contributed by atoms with van der Waals surface area (Å²) in [7, 11) is 0. The van der Waals surface area contributed by atoms with E-state index in [9.17, 15) is 4.79 Å². The van der Waals surface area contributed by atoms with Crippen LogP contribution in [0.3, 0.4) is 0 Å². The molecule has 0 aromatic heterocycles. The summed E-state index contributed by atoms with van der Waals surface area (Å²) in [6.07, 6.45) is 4.86. The van der Waals surface area contributed by atoms with E-state index in [-0.39, 0.29) is 11.5 Å². The van der Waals surface area contributed by atoms with Crippen LogP contribution in [0, 0.1) is 5.92 Å². The van der Waals surface area contributed by atoms with Crippen LogP contribution in [0.25, 0.3) is 0 Å². The van der Waals surface area contributed by atoms with Crippen molar-refractivity contribution in [1.29, 1.82) is 0 Å². The van der Waals surface area contributed by atoms with Crippen LogP contribution < -0.4 is 11.1 Å². The van der Waals surface area contributed by atoms with E-state index in [1.165, 1.54) is 0 Å². The largest absolute Gasteiger partial charge is 0.374 e. The van der Waals surface area contributed by atoms with Crippen LogP contribution in [0.4, 0.5) is 0 Å². The summed E-state index contributed by atoms with van der Waals surface area (Å²) >= 11 is 0. The molecule has 0 heterocycles. The number of hydrogen-bond donors (Lipinski definition) is 2. The Kier molecular flexibility index (Phi) is 9.88. The highest BCUT2D eigenvalue weighted by molar-refractivity contribution is 5.75. The highest BCUT2D eigenvalue weighted by Gasteiger charge is 2.18. The molecule has 1 amide bonds. The van der Waals surface area contributed by atoms with Gasteiger partial charge in [-0.15, -0.1) is 0 Å². The second-order valence-electron chi connectivity index (χ2n) is 5.74. The Bertz CT molecular complexity index is 236. The standard InChI is InChI=1S/C15H32N2O2/c1-5-7-13(10-11-16)8-9-14(18)17-12-15(3,4)19-6-2/h13H,5-12,16H2,1-4H3,(H,17,18). The Labute approximate surface area is 118 Å². The molecule has 0 aliphatic heterocycles. The van der Waals surface area contributed by atoms with E-state index in [4.69, 9.17) is 10.5 Å². The van der Waals surface area contributed by atoms with Gasteiger partial charge >= 0.3 is 0 Å². The Hall–Kier alpha value is -0.610. The van der Waals surface area contributed by atoms with Gasteiger partial charge in [0.1, 0.15) is 0 Å². The highest BCUT2D eigenvalue weighted by Crippen LogP contribution is 2.17. The van der Waals surface area contributed by atoms with Gasteiger partial charge in [0.25, 0.3) is 0 Å². The summed E-state index contributed by atoms with van der Waals surface area (Å²) in [5, 5.41) is 2.95. The minimum Gasteiger partial charge on any atom is -0.374 e. The smallest absolute Gasteiger partial charge is 0.220 e. The SMILES string of the molecule is CCCC(CCN)CCC(=O)NCC(C)(C)OCC. The van der Waals surface area contributed by atoms with Crippen LogP contribution in [-0.2, 0) is 9.53 Å². The van der Waals surface area contributed by atoms with Gasteiger partial charge in [-0.2, -0.15) is 0 Å². The maximum absolute atomic E-state index is 11.8. The van der Waals surface area contributed by atoms with Crippen molar-refractivity contribution in [3.05, 3.63) is 0 Å². The first-order valence-corrected chi connectivity index (χ1v) is 7.55. The maximum Gasteiger partial charge on any atom is 0.220 e. The molecule has 0 aliphatic rings. The molecule has 0 radical (unpaired) electrons. The minimum atomic E-state index is -0.287. The highest BCUT2D eigenvalue weighted by atomic mass is 16.5. The number of carbonyl (C=O) groups excluding carboxylic acids is 1. The molecule has 0 spiro atoms. The third-order valence-electron chi connectivity index (χ3n) is 3.30. The average molecular weight is 272 g/mol. The number of hydrogen-bond acceptors (Lipinski definition) is 3.